The summed E-state index contributed by atoms with van der Waals surface area (Å²) in [5.74, 6) is -0.435. The Morgan fingerprint density at radius 3 is 1.97 bits per heavy atom. The van der Waals surface area contributed by atoms with E-state index in [1.807, 2.05) is 6.92 Å². The molecule has 5 nitrogen and oxygen atoms in total. The molecule has 2 amide bonds. The third kappa shape index (κ3) is 5.85. The molecule has 31 heavy (non-hydrogen) atoms. The molecule has 0 bridgehead atoms. The van der Waals surface area contributed by atoms with Gasteiger partial charge in [-0.2, -0.15) is 13.2 Å². The molecule has 2 N–H and O–H groups in total. The van der Waals surface area contributed by atoms with Gasteiger partial charge in [-0.1, -0.05) is 18.2 Å². The highest BCUT2D eigenvalue weighted by Gasteiger charge is 2.30. The van der Waals surface area contributed by atoms with E-state index in [9.17, 15) is 22.8 Å². The van der Waals surface area contributed by atoms with Crippen molar-refractivity contribution in [3.05, 3.63) is 89.5 Å². The Morgan fingerprint density at radius 1 is 0.806 bits per heavy atom. The number of carbonyl (C=O) groups excluding carboxylic acids is 2. The molecule has 0 heterocycles. The first-order valence-corrected chi connectivity index (χ1v) is 9.39. The molecular formula is C23H19F3N2O3. The van der Waals surface area contributed by atoms with Gasteiger partial charge in [0, 0.05) is 22.5 Å². The quantitative estimate of drug-likeness (QED) is 0.536. The summed E-state index contributed by atoms with van der Waals surface area (Å²) in [6, 6.07) is 17.1. The Balaban J connectivity index is 1.72. The molecule has 3 aromatic carbocycles. The third-order valence-corrected chi connectivity index (χ3v) is 4.24. The molecule has 0 unspecified atom stereocenters. The Labute approximate surface area is 176 Å². The van der Waals surface area contributed by atoms with Gasteiger partial charge in [-0.25, -0.2) is 0 Å². The molecular weight excluding hydrogens is 409 g/mol. The lowest BCUT2D eigenvalue weighted by Crippen LogP contribution is -2.15. The summed E-state index contributed by atoms with van der Waals surface area (Å²) in [5, 5.41) is 5.13. The molecule has 0 fully saturated rings. The van der Waals surface area contributed by atoms with E-state index < -0.39 is 23.6 Å². The molecule has 3 rings (SSSR count). The van der Waals surface area contributed by atoms with Crippen molar-refractivity contribution in [1.29, 1.82) is 0 Å². The first-order chi connectivity index (χ1) is 14.8. The Kier molecular flexibility index (Phi) is 6.59. The van der Waals surface area contributed by atoms with Crippen molar-refractivity contribution < 1.29 is 27.5 Å². The number of halogens is 3. The van der Waals surface area contributed by atoms with Gasteiger partial charge in [0.05, 0.1) is 12.2 Å². The van der Waals surface area contributed by atoms with Gasteiger partial charge in [-0.15, -0.1) is 0 Å². The van der Waals surface area contributed by atoms with Crippen LogP contribution in [0.2, 0.25) is 0 Å². The fourth-order valence-electron chi connectivity index (χ4n) is 2.81. The van der Waals surface area contributed by atoms with Gasteiger partial charge < -0.3 is 15.4 Å². The van der Waals surface area contributed by atoms with Crippen LogP contribution in [-0.2, 0) is 6.18 Å². The second-order valence-electron chi connectivity index (χ2n) is 6.53. The molecule has 0 aliphatic heterocycles. The topological polar surface area (TPSA) is 67.4 Å². The van der Waals surface area contributed by atoms with Gasteiger partial charge >= 0.3 is 6.18 Å². The fourth-order valence-corrected chi connectivity index (χ4v) is 2.81. The van der Waals surface area contributed by atoms with Crippen LogP contribution < -0.4 is 15.4 Å². The zero-order valence-electron chi connectivity index (χ0n) is 16.5. The Bertz CT molecular complexity index is 1100. The number of carbonyl (C=O) groups is 2. The highest BCUT2D eigenvalue weighted by Crippen LogP contribution is 2.30. The van der Waals surface area contributed by atoms with E-state index in [4.69, 9.17) is 4.74 Å². The maximum absolute atomic E-state index is 12.8. The predicted molar refractivity (Wildman–Crippen MR) is 111 cm³/mol. The second-order valence-corrected chi connectivity index (χ2v) is 6.53. The second kappa shape index (κ2) is 9.34. The molecule has 0 aliphatic rings. The van der Waals surface area contributed by atoms with Gasteiger partial charge in [0.15, 0.2) is 0 Å². The number of hydrogen-bond acceptors (Lipinski definition) is 3. The zero-order chi connectivity index (χ0) is 22.4. The summed E-state index contributed by atoms with van der Waals surface area (Å²) in [6.07, 6.45) is -4.51. The van der Waals surface area contributed by atoms with Crippen LogP contribution in [0.4, 0.5) is 24.5 Å². The lowest BCUT2D eigenvalue weighted by atomic mass is 10.1. The normalized spacial score (nSPS) is 11.0. The average Bonchev–Trinajstić information content (AvgIpc) is 2.74. The van der Waals surface area contributed by atoms with Crippen molar-refractivity contribution in [2.24, 2.45) is 0 Å². The van der Waals surface area contributed by atoms with E-state index in [0.29, 0.717) is 23.6 Å². The lowest BCUT2D eigenvalue weighted by Gasteiger charge is -2.11. The maximum Gasteiger partial charge on any atom is 0.416 e. The number of amides is 2. The van der Waals surface area contributed by atoms with Crippen molar-refractivity contribution in [3.63, 3.8) is 0 Å². The minimum atomic E-state index is -4.51. The summed E-state index contributed by atoms with van der Waals surface area (Å²) in [6.45, 7) is 2.30. The SMILES string of the molecule is CCOc1cccc(C(=O)Nc2cccc(C(=O)Nc3cccc(C(F)(F)F)c3)c2)c1. The Morgan fingerprint density at radius 2 is 1.35 bits per heavy atom. The van der Waals surface area contributed by atoms with Crippen LogP contribution >= 0.6 is 0 Å². The van der Waals surface area contributed by atoms with Gasteiger partial charge in [0.1, 0.15) is 5.75 Å². The third-order valence-electron chi connectivity index (χ3n) is 4.24. The number of benzene rings is 3. The van der Waals surface area contributed by atoms with E-state index >= 15 is 0 Å². The average molecular weight is 428 g/mol. The van der Waals surface area contributed by atoms with Crippen molar-refractivity contribution in [1.82, 2.24) is 0 Å². The molecule has 0 radical (unpaired) electrons. The van der Waals surface area contributed by atoms with E-state index in [2.05, 4.69) is 10.6 Å². The first kappa shape index (κ1) is 21.9. The van der Waals surface area contributed by atoms with Crippen LogP contribution in [0, 0.1) is 0 Å². The van der Waals surface area contributed by atoms with Crippen LogP contribution in [-0.4, -0.2) is 18.4 Å². The van der Waals surface area contributed by atoms with E-state index in [1.54, 1.807) is 36.4 Å². The number of alkyl halides is 3. The summed E-state index contributed by atoms with van der Waals surface area (Å²) < 4.78 is 43.9. The smallest absolute Gasteiger partial charge is 0.416 e. The van der Waals surface area contributed by atoms with E-state index in [-0.39, 0.29) is 11.3 Å². The van der Waals surface area contributed by atoms with Crippen LogP contribution in [0.25, 0.3) is 0 Å². The summed E-state index contributed by atoms with van der Waals surface area (Å²) in [5.41, 5.74) is 0.0779. The van der Waals surface area contributed by atoms with Crippen molar-refractivity contribution in [3.8, 4) is 5.75 Å². The van der Waals surface area contributed by atoms with Crippen molar-refractivity contribution in [2.75, 3.05) is 17.2 Å². The number of anilines is 2. The standard InChI is InChI=1S/C23H19F3N2O3/c1-2-31-20-11-4-7-16(13-20)22(30)27-18-9-3-6-15(12-18)21(29)28-19-10-5-8-17(14-19)23(24,25)26/h3-14H,2H2,1H3,(H,27,30)(H,28,29). The molecule has 0 spiro atoms. The van der Waals surface area contributed by atoms with Crippen LogP contribution in [0.5, 0.6) is 5.75 Å². The van der Waals surface area contributed by atoms with E-state index in [1.165, 1.54) is 24.3 Å². The molecule has 160 valence electrons. The molecule has 0 aromatic heterocycles. The molecule has 3 aromatic rings. The maximum atomic E-state index is 12.8. The van der Waals surface area contributed by atoms with Crippen molar-refractivity contribution >= 4 is 23.2 Å². The molecule has 0 saturated carbocycles. The number of hydrogen-bond donors (Lipinski definition) is 2. The summed E-state index contributed by atoms with van der Waals surface area (Å²) in [7, 11) is 0. The largest absolute Gasteiger partial charge is 0.494 e. The van der Waals surface area contributed by atoms with Gasteiger partial charge in [0.25, 0.3) is 11.8 Å². The monoisotopic (exact) mass is 428 g/mol. The number of rotatable bonds is 6. The summed E-state index contributed by atoms with van der Waals surface area (Å²) >= 11 is 0. The van der Waals surface area contributed by atoms with Gasteiger partial charge in [0.2, 0.25) is 0 Å². The minimum absolute atomic E-state index is 0.0157. The molecule has 8 heteroatoms. The Hall–Kier alpha value is -3.81. The highest BCUT2D eigenvalue weighted by atomic mass is 19.4. The van der Waals surface area contributed by atoms with Gasteiger partial charge in [-0.3, -0.25) is 9.59 Å². The van der Waals surface area contributed by atoms with Crippen LogP contribution in [0.1, 0.15) is 33.2 Å². The number of ether oxygens (including phenoxy) is 1. The predicted octanol–water partition coefficient (Wildman–Crippen LogP) is 5.61. The minimum Gasteiger partial charge on any atom is -0.494 e. The zero-order valence-corrected chi connectivity index (χ0v) is 16.5. The fraction of sp³-hybridized carbons (Fsp3) is 0.130. The highest BCUT2D eigenvalue weighted by molar-refractivity contribution is 6.07. The van der Waals surface area contributed by atoms with E-state index in [0.717, 1.165) is 12.1 Å². The van der Waals surface area contributed by atoms with Crippen LogP contribution in [0.15, 0.2) is 72.8 Å². The summed E-state index contributed by atoms with van der Waals surface area (Å²) in [4.78, 5) is 25.0. The van der Waals surface area contributed by atoms with Crippen molar-refractivity contribution in [2.45, 2.75) is 13.1 Å². The first-order valence-electron chi connectivity index (χ1n) is 9.39. The number of nitrogens with one attached hydrogen (secondary N) is 2. The molecule has 0 aliphatic carbocycles. The van der Waals surface area contributed by atoms with Gasteiger partial charge in [-0.05, 0) is 61.5 Å². The molecule has 0 saturated heterocycles. The van der Waals surface area contributed by atoms with Crippen LogP contribution in [0.3, 0.4) is 0 Å². The lowest BCUT2D eigenvalue weighted by molar-refractivity contribution is -0.137. The molecule has 0 atom stereocenters.